The molecule has 0 fully saturated rings. The van der Waals surface area contributed by atoms with Gasteiger partial charge in [0, 0.05) is 37.5 Å². The van der Waals surface area contributed by atoms with E-state index in [9.17, 15) is 22.4 Å². The number of sulfonamides is 1. The van der Waals surface area contributed by atoms with Crippen molar-refractivity contribution in [2.45, 2.75) is 52.1 Å². The molecule has 41 heavy (non-hydrogen) atoms. The van der Waals surface area contributed by atoms with Gasteiger partial charge in [0.2, 0.25) is 21.8 Å². The molecule has 220 valence electrons. The van der Waals surface area contributed by atoms with Gasteiger partial charge < -0.3 is 10.2 Å². The first-order chi connectivity index (χ1) is 19.5. The Labute approximate surface area is 247 Å². The largest absolute Gasteiger partial charge is 0.354 e. The van der Waals surface area contributed by atoms with Gasteiger partial charge in [-0.05, 0) is 60.7 Å². The highest BCUT2D eigenvalue weighted by Crippen LogP contribution is 2.28. The highest BCUT2D eigenvalue weighted by Gasteiger charge is 2.30. The molecular weight excluding hydrogens is 565 g/mol. The minimum atomic E-state index is -3.66. The van der Waals surface area contributed by atoms with Crippen molar-refractivity contribution in [1.29, 1.82) is 0 Å². The normalized spacial score (nSPS) is 12.0. The van der Waals surface area contributed by atoms with Crippen LogP contribution in [0.2, 0.25) is 5.02 Å². The van der Waals surface area contributed by atoms with Gasteiger partial charge in [-0.25, -0.2) is 12.8 Å². The molecule has 0 spiro atoms. The molecule has 0 unspecified atom stereocenters. The van der Waals surface area contributed by atoms with E-state index in [1.807, 2.05) is 37.3 Å². The second-order valence-electron chi connectivity index (χ2n) is 9.97. The molecule has 0 aliphatic heterocycles. The first-order valence-corrected chi connectivity index (χ1v) is 15.8. The van der Waals surface area contributed by atoms with Crippen molar-refractivity contribution in [3.05, 3.63) is 100 Å². The van der Waals surface area contributed by atoms with Gasteiger partial charge in [-0.15, -0.1) is 0 Å². The van der Waals surface area contributed by atoms with E-state index in [0.29, 0.717) is 34.8 Å². The van der Waals surface area contributed by atoms with Crippen molar-refractivity contribution < 1.29 is 22.4 Å². The number of benzene rings is 3. The smallest absolute Gasteiger partial charge is 0.243 e. The van der Waals surface area contributed by atoms with Crippen molar-refractivity contribution in [2.75, 3.05) is 23.7 Å². The lowest BCUT2D eigenvalue weighted by molar-refractivity contribution is -0.141. The SMILES string of the molecule is CCCNC(=O)[C@@H](Cc1ccccc1)N(Cc1ccc(F)cc1)C(=O)CCCN(c1cccc(Cl)c1C)S(C)(=O)=O. The highest BCUT2D eigenvalue weighted by molar-refractivity contribution is 7.92. The molecule has 3 aromatic carbocycles. The average molecular weight is 602 g/mol. The Morgan fingerprint density at radius 3 is 2.29 bits per heavy atom. The molecule has 0 saturated carbocycles. The molecular formula is C31H37ClFN3O4S. The van der Waals surface area contributed by atoms with E-state index >= 15 is 0 Å². The summed E-state index contributed by atoms with van der Waals surface area (Å²) >= 11 is 6.24. The molecule has 3 aromatic rings. The summed E-state index contributed by atoms with van der Waals surface area (Å²) < 4.78 is 40.2. The van der Waals surface area contributed by atoms with Crippen LogP contribution >= 0.6 is 11.6 Å². The van der Waals surface area contributed by atoms with Gasteiger partial charge in [-0.1, -0.05) is 67.1 Å². The Kier molecular flexibility index (Phi) is 11.7. The number of nitrogens with one attached hydrogen (secondary N) is 1. The van der Waals surface area contributed by atoms with Crippen molar-refractivity contribution >= 4 is 39.1 Å². The van der Waals surface area contributed by atoms with Crippen LogP contribution in [0, 0.1) is 12.7 Å². The zero-order valence-corrected chi connectivity index (χ0v) is 25.2. The molecule has 10 heteroatoms. The fourth-order valence-electron chi connectivity index (χ4n) is 4.56. The third-order valence-corrected chi connectivity index (χ3v) is 8.34. The average Bonchev–Trinajstić information content (AvgIpc) is 2.94. The van der Waals surface area contributed by atoms with Gasteiger partial charge in [0.25, 0.3) is 0 Å². The lowest BCUT2D eigenvalue weighted by atomic mass is 10.0. The van der Waals surface area contributed by atoms with E-state index in [1.54, 1.807) is 37.3 Å². The van der Waals surface area contributed by atoms with Crippen molar-refractivity contribution in [2.24, 2.45) is 0 Å². The number of amides is 2. The van der Waals surface area contributed by atoms with Crippen LogP contribution in [0.3, 0.4) is 0 Å². The van der Waals surface area contributed by atoms with Crippen LogP contribution in [0.25, 0.3) is 0 Å². The predicted molar refractivity (Wildman–Crippen MR) is 162 cm³/mol. The zero-order valence-electron chi connectivity index (χ0n) is 23.6. The first-order valence-electron chi connectivity index (χ1n) is 13.6. The molecule has 3 rings (SSSR count). The maximum atomic E-state index is 13.8. The number of carbonyl (C=O) groups is 2. The summed E-state index contributed by atoms with van der Waals surface area (Å²) in [6.07, 6.45) is 2.36. The van der Waals surface area contributed by atoms with E-state index in [4.69, 9.17) is 11.6 Å². The topological polar surface area (TPSA) is 86.8 Å². The van der Waals surface area contributed by atoms with Crippen molar-refractivity contribution in [3.8, 4) is 0 Å². The number of rotatable bonds is 14. The third kappa shape index (κ3) is 9.30. The number of carbonyl (C=O) groups excluding carboxylic acids is 2. The van der Waals surface area contributed by atoms with Gasteiger partial charge in [-0.2, -0.15) is 0 Å². The fraction of sp³-hybridized carbons (Fsp3) is 0.355. The number of halogens is 2. The van der Waals surface area contributed by atoms with Crippen molar-refractivity contribution in [3.63, 3.8) is 0 Å². The molecule has 0 radical (unpaired) electrons. The molecule has 1 N–H and O–H groups in total. The van der Waals surface area contributed by atoms with Crippen LogP contribution in [0.4, 0.5) is 10.1 Å². The summed E-state index contributed by atoms with van der Waals surface area (Å²) in [5, 5.41) is 3.36. The number of nitrogens with zero attached hydrogens (tertiary/aromatic N) is 2. The minimum absolute atomic E-state index is 0.000818. The molecule has 0 saturated heterocycles. The zero-order chi connectivity index (χ0) is 30.0. The Morgan fingerprint density at radius 2 is 1.66 bits per heavy atom. The van der Waals surface area contributed by atoms with Gasteiger partial charge in [0.05, 0.1) is 11.9 Å². The molecule has 0 heterocycles. The number of hydrogen-bond acceptors (Lipinski definition) is 4. The summed E-state index contributed by atoms with van der Waals surface area (Å²) in [4.78, 5) is 28.7. The van der Waals surface area contributed by atoms with E-state index in [1.165, 1.54) is 21.3 Å². The molecule has 0 aromatic heterocycles. The maximum Gasteiger partial charge on any atom is 0.243 e. The van der Waals surface area contributed by atoms with E-state index in [2.05, 4.69) is 5.32 Å². The van der Waals surface area contributed by atoms with Gasteiger partial charge in [0.15, 0.2) is 0 Å². The molecule has 0 aliphatic carbocycles. The second kappa shape index (κ2) is 15.0. The van der Waals surface area contributed by atoms with Crippen LogP contribution < -0.4 is 9.62 Å². The molecule has 0 bridgehead atoms. The molecule has 2 amide bonds. The molecule has 1 atom stereocenters. The standard InChI is InChI=1S/C31H37ClFN3O4S/c1-4-19-34-31(38)29(21-24-10-6-5-7-11-24)35(22-25-15-17-26(33)18-16-25)30(37)14-9-20-36(41(3,39)40)28-13-8-12-27(32)23(28)2/h5-8,10-13,15-18,29H,4,9,14,19-22H2,1-3H3,(H,34,38)/t29-/m1/s1. The van der Waals surface area contributed by atoms with Crippen LogP contribution in [-0.2, 0) is 32.6 Å². The summed E-state index contributed by atoms with van der Waals surface area (Å²) in [5.74, 6) is -0.984. The monoisotopic (exact) mass is 601 g/mol. The fourth-order valence-corrected chi connectivity index (χ4v) is 5.74. The lowest BCUT2D eigenvalue weighted by Gasteiger charge is -2.32. The Balaban J connectivity index is 1.88. The summed E-state index contributed by atoms with van der Waals surface area (Å²) in [7, 11) is -3.66. The lowest BCUT2D eigenvalue weighted by Crippen LogP contribution is -2.50. The van der Waals surface area contributed by atoms with E-state index in [0.717, 1.165) is 18.2 Å². The molecule has 0 aliphatic rings. The van der Waals surface area contributed by atoms with Gasteiger partial charge >= 0.3 is 0 Å². The Bertz CT molecular complexity index is 1420. The minimum Gasteiger partial charge on any atom is -0.354 e. The summed E-state index contributed by atoms with van der Waals surface area (Å²) in [5.41, 5.74) is 2.64. The summed E-state index contributed by atoms with van der Waals surface area (Å²) in [6, 6.07) is 19.5. The summed E-state index contributed by atoms with van der Waals surface area (Å²) in [6.45, 7) is 4.31. The third-order valence-electron chi connectivity index (χ3n) is 6.75. The van der Waals surface area contributed by atoms with E-state index < -0.39 is 21.9 Å². The Hall–Kier alpha value is -3.43. The van der Waals surface area contributed by atoms with Crippen molar-refractivity contribution in [1.82, 2.24) is 10.2 Å². The molecule has 7 nitrogen and oxygen atoms in total. The number of anilines is 1. The quantitative estimate of drug-likeness (QED) is 0.264. The van der Waals surface area contributed by atoms with Crippen LogP contribution in [-0.4, -0.2) is 50.5 Å². The Morgan fingerprint density at radius 1 is 0.976 bits per heavy atom. The highest BCUT2D eigenvalue weighted by atomic mass is 35.5. The maximum absolute atomic E-state index is 13.8. The van der Waals surface area contributed by atoms with Crippen LogP contribution in [0.15, 0.2) is 72.8 Å². The number of hydrogen-bond donors (Lipinski definition) is 1. The van der Waals surface area contributed by atoms with E-state index in [-0.39, 0.29) is 37.7 Å². The van der Waals surface area contributed by atoms with Crippen LogP contribution in [0.1, 0.15) is 42.9 Å². The van der Waals surface area contributed by atoms with Crippen LogP contribution in [0.5, 0.6) is 0 Å². The first kappa shape index (κ1) is 32.1. The predicted octanol–water partition coefficient (Wildman–Crippen LogP) is 5.50. The second-order valence-corrected chi connectivity index (χ2v) is 12.3. The van der Waals surface area contributed by atoms with Gasteiger partial charge in [-0.3, -0.25) is 13.9 Å². The van der Waals surface area contributed by atoms with Gasteiger partial charge in [0.1, 0.15) is 11.9 Å².